The van der Waals surface area contributed by atoms with Crippen molar-refractivity contribution in [1.82, 2.24) is 0 Å². The zero-order valence-electron chi connectivity index (χ0n) is 9.69. The van der Waals surface area contributed by atoms with Gasteiger partial charge >= 0.3 is 5.97 Å². The van der Waals surface area contributed by atoms with E-state index in [1.54, 1.807) is 24.3 Å². The lowest BCUT2D eigenvalue weighted by molar-refractivity contribution is -0.164. The van der Waals surface area contributed by atoms with Crippen molar-refractivity contribution >= 4 is 23.4 Å². The first-order valence-corrected chi connectivity index (χ1v) is 6.02. The van der Waals surface area contributed by atoms with E-state index in [0.717, 1.165) is 0 Å². The van der Waals surface area contributed by atoms with Crippen molar-refractivity contribution in [2.45, 2.75) is 12.8 Å². The van der Waals surface area contributed by atoms with Crippen LogP contribution in [0.4, 0.5) is 0 Å². The van der Waals surface area contributed by atoms with Gasteiger partial charge in [-0.2, -0.15) is 0 Å². The molecular weight excluding hydrogens is 256 g/mol. The molecule has 0 aliphatic carbocycles. The molecule has 1 fully saturated rings. The zero-order valence-corrected chi connectivity index (χ0v) is 10.4. The highest BCUT2D eigenvalue weighted by atomic mass is 35.5. The quantitative estimate of drug-likeness (QED) is 0.851. The van der Waals surface area contributed by atoms with E-state index in [4.69, 9.17) is 16.3 Å². The van der Waals surface area contributed by atoms with E-state index in [1.165, 1.54) is 0 Å². The van der Waals surface area contributed by atoms with Gasteiger partial charge < -0.3 is 9.84 Å². The summed E-state index contributed by atoms with van der Waals surface area (Å²) < 4.78 is 5.18. The summed E-state index contributed by atoms with van der Waals surface area (Å²) in [4.78, 5) is 23.4. The van der Waals surface area contributed by atoms with E-state index in [-0.39, 0.29) is 31.8 Å². The van der Waals surface area contributed by atoms with Crippen LogP contribution in [0.2, 0.25) is 5.02 Å². The van der Waals surface area contributed by atoms with Gasteiger partial charge in [-0.25, -0.2) is 0 Å². The number of hydrogen-bond donors (Lipinski definition) is 1. The number of carboxylic acids is 1. The maximum Gasteiger partial charge on any atom is 0.319 e. The molecule has 1 aliphatic heterocycles. The van der Waals surface area contributed by atoms with Crippen LogP contribution in [-0.4, -0.2) is 30.1 Å². The number of hydrogen-bond acceptors (Lipinski definition) is 3. The Hall–Kier alpha value is -1.39. The van der Waals surface area contributed by atoms with Crippen LogP contribution in [0.15, 0.2) is 24.3 Å². The molecule has 1 aromatic carbocycles. The van der Waals surface area contributed by atoms with Gasteiger partial charge in [-0.05, 0) is 18.1 Å². The second-order valence-corrected chi connectivity index (χ2v) is 4.79. The molecule has 96 valence electrons. The molecule has 0 aromatic heterocycles. The molecule has 1 saturated heterocycles. The van der Waals surface area contributed by atoms with Gasteiger partial charge in [0.1, 0.15) is 0 Å². The van der Waals surface area contributed by atoms with Crippen LogP contribution in [0.3, 0.4) is 0 Å². The Morgan fingerprint density at radius 3 is 2.78 bits per heavy atom. The van der Waals surface area contributed by atoms with Gasteiger partial charge in [-0.1, -0.05) is 29.8 Å². The Morgan fingerprint density at radius 1 is 1.44 bits per heavy atom. The van der Waals surface area contributed by atoms with E-state index in [1.807, 2.05) is 0 Å². The number of carbonyl (C=O) groups is 2. The molecule has 0 saturated carbocycles. The average Bonchev–Trinajstić information content (AvgIpc) is 2.34. The van der Waals surface area contributed by atoms with Crippen LogP contribution in [0.25, 0.3) is 0 Å². The summed E-state index contributed by atoms with van der Waals surface area (Å²) in [5.41, 5.74) is -0.844. The molecule has 5 heteroatoms. The molecule has 18 heavy (non-hydrogen) atoms. The minimum atomic E-state index is -1.50. The van der Waals surface area contributed by atoms with E-state index < -0.39 is 11.4 Å². The lowest BCUT2D eigenvalue weighted by Gasteiger charge is -2.31. The highest BCUT2D eigenvalue weighted by Crippen LogP contribution is 2.32. The predicted octanol–water partition coefficient (Wildman–Crippen LogP) is 1.94. The first-order chi connectivity index (χ1) is 8.56. The van der Waals surface area contributed by atoms with Crippen LogP contribution in [0.1, 0.15) is 12.0 Å². The third-order valence-corrected chi connectivity index (χ3v) is 3.58. The molecule has 4 nitrogen and oxygen atoms in total. The van der Waals surface area contributed by atoms with Crippen LogP contribution in [0.5, 0.6) is 0 Å². The summed E-state index contributed by atoms with van der Waals surface area (Å²) in [6.45, 7) is 0.197. The maximum absolute atomic E-state index is 12.0. The second kappa shape index (κ2) is 5.08. The second-order valence-electron chi connectivity index (χ2n) is 4.38. The molecule has 0 amide bonds. The van der Waals surface area contributed by atoms with Gasteiger partial charge in [0, 0.05) is 11.4 Å². The van der Waals surface area contributed by atoms with Gasteiger partial charge in [-0.3, -0.25) is 9.59 Å². The topological polar surface area (TPSA) is 63.6 Å². The molecule has 1 aliphatic rings. The fourth-order valence-electron chi connectivity index (χ4n) is 2.10. The number of benzene rings is 1. The van der Waals surface area contributed by atoms with E-state index >= 15 is 0 Å². The molecule has 2 rings (SSSR count). The normalized spacial score (nSPS) is 23.9. The van der Waals surface area contributed by atoms with Crippen molar-refractivity contribution in [2.75, 3.05) is 13.2 Å². The molecule has 1 unspecified atom stereocenters. The molecule has 1 atom stereocenters. The average molecular weight is 269 g/mol. The molecule has 0 radical (unpaired) electrons. The fraction of sp³-hybridized carbons (Fsp3) is 0.385. The monoisotopic (exact) mass is 268 g/mol. The van der Waals surface area contributed by atoms with Crippen molar-refractivity contribution in [2.24, 2.45) is 5.41 Å². The zero-order chi connectivity index (χ0) is 13.2. The fourth-order valence-corrected chi connectivity index (χ4v) is 2.31. The van der Waals surface area contributed by atoms with Crippen molar-refractivity contribution < 1.29 is 19.4 Å². The summed E-state index contributed by atoms with van der Waals surface area (Å²) in [5, 5.41) is 9.84. The van der Waals surface area contributed by atoms with E-state index in [0.29, 0.717) is 10.6 Å². The number of halogens is 1. The first-order valence-electron chi connectivity index (χ1n) is 5.64. The van der Waals surface area contributed by atoms with Crippen molar-refractivity contribution in [3.8, 4) is 0 Å². The molecule has 0 spiro atoms. The molecular formula is C13H13ClO4. The van der Waals surface area contributed by atoms with Gasteiger partial charge in [0.2, 0.25) is 0 Å². The van der Waals surface area contributed by atoms with Gasteiger partial charge in [0.05, 0.1) is 13.2 Å². The minimum Gasteiger partial charge on any atom is -0.480 e. The van der Waals surface area contributed by atoms with Crippen LogP contribution in [-0.2, 0) is 20.7 Å². The maximum atomic E-state index is 12.0. The standard InChI is InChI=1S/C13H13ClO4/c14-10-4-2-1-3-9(10)7-13(12(16)17)8-18-6-5-11(13)15/h1-4H,5-8H2,(H,16,17). The van der Waals surface area contributed by atoms with Gasteiger partial charge in [0.25, 0.3) is 0 Å². The number of carbonyl (C=O) groups excluding carboxylic acids is 1. The lowest BCUT2D eigenvalue weighted by atomic mass is 9.76. The minimum absolute atomic E-state index is 0.0703. The number of aliphatic carboxylic acids is 1. The van der Waals surface area contributed by atoms with Crippen molar-refractivity contribution in [3.63, 3.8) is 0 Å². The number of ketones is 1. The van der Waals surface area contributed by atoms with Crippen LogP contribution in [0, 0.1) is 5.41 Å². The molecule has 0 bridgehead atoms. The summed E-state index contributed by atoms with van der Waals surface area (Å²) in [7, 11) is 0. The Bertz CT molecular complexity index is 486. The van der Waals surface area contributed by atoms with E-state index in [9.17, 15) is 14.7 Å². The number of rotatable bonds is 3. The number of ether oxygens (including phenoxy) is 1. The largest absolute Gasteiger partial charge is 0.480 e. The Kier molecular flexibility index (Phi) is 3.68. The molecule has 1 aromatic rings. The summed E-state index contributed by atoms with van der Waals surface area (Å²) in [6, 6.07) is 6.94. The molecule has 1 N–H and O–H groups in total. The number of carboxylic acid groups (broad SMARTS) is 1. The van der Waals surface area contributed by atoms with Crippen LogP contribution >= 0.6 is 11.6 Å². The first kappa shape index (κ1) is 13.1. The highest BCUT2D eigenvalue weighted by molar-refractivity contribution is 6.31. The Morgan fingerprint density at radius 2 is 2.17 bits per heavy atom. The predicted molar refractivity (Wildman–Crippen MR) is 65.7 cm³/mol. The van der Waals surface area contributed by atoms with Gasteiger partial charge in [0.15, 0.2) is 11.2 Å². The summed E-state index contributed by atoms with van der Waals surface area (Å²) in [6.07, 6.45) is 0.206. The van der Waals surface area contributed by atoms with Crippen molar-refractivity contribution in [3.05, 3.63) is 34.9 Å². The SMILES string of the molecule is O=C(O)C1(Cc2ccccc2Cl)COCCC1=O. The molecule has 1 heterocycles. The van der Waals surface area contributed by atoms with Crippen molar-refractivity contribution in [1.29, 1.82) is 0 Å². The Labute approximate surface area is 110 Å². The summed E-state index contributed by atoms with van der Waals surface area (Å²) in [5.74, 6) is -1.44. The number of Topliss-reactive ketones (excluding diaryl/α,β-unsaturated/α-hetero) is 1. The van der Waals surface area contributed by atoms with Gasteiger partial charge in [-0.15, -0.1) is 0 Å². The lowest BCUT2D eigenvalue weighted by Crippen LogP contribution is -2.48. The Balaban J connectivity index is 2.35. The smallest absolute Gasteiger partial charge is 0.319 e. The van der Waals surface area contributed by atoms with Crippen LogP contribution < -0.4 is 0 Å². The third-order valence-electron chi connectivity index (χ3n) is 3.22. The summed E-state index contributed by atoms with van der Waals surface area (Å²) >= 11 is 6.01. The third kappa shape index (κ3) is 2.26. The van der Waals surface area contributed by atoms with E-state index in [2.05, 4.69) is 0 Å². The highest BCUT2D eigenvalue weighted by Gasteiger charge is 2.48.